The topological polar surface area (TPSA) is 32.3 Å². The minimum Gasteiger partial charge on any atom is -0.356 e. The highest BCUT2D eigenvalue weighted by Gasteiger charge is 2.29. The van der Waals surface area contributed by atoms with Gasteiger partial charge in [0.2, 0.25) is 5.91 Å². The zero-order valence-electron chi connectivity index (χ0n) is 11.6. The maximum absolute atomic E-state index is 12.0. The Labute approximate surface area is 129 Å². The number of para-hydroxylation sites is 1. The molecule has 0 saturated carbocycles. The number of hydrogen-bond donors (Lipinski definition) is 1. The summed E-state index contributed by atoms with van der Waals surface area (Å²) in [5.74, 6) is 0.960. The molecular weight excluding hydrogens is 284 g/mol. The molecule has 1 heterocycles. The summed E-state index contributed by atoms with van der Waals surface area (Å²) in [5.41, 5.74) is 2.99. The van der Waals surface area contributed by atoms with Crippen LogP contribution in [0, 0.1) is 5.92 Å². The zero-order chi connectivity index (χ0) is 14.7. The van der Waals surface area contributed by atoms with Gasteiger partial charge in [-0.3, -0.25) is 4.79 Å². The number of nitrogens with one attached hydrogen (secondary N) is 1. The van der Waals surface area contributed by atoms with Crippen molar-refractivity contribution < 1.29 is 4.79 Å². The predicted octanol–water partition coefficient (Wildman–Crippen LogP) is 4.02. The maximum atomic E-state index is 12.0. The van der Waals surface area contributed by atoms with E-state index in [4.69, 9.17) is 11.6 Å². The van der Waals surface area contributed by atoms with Gasteiger partial charge in [-0.25, -0.2) is 0 Å². The number of rotatable bonds is 4. The molecule has 0 aromatic heterocycles. The van der Waals surface area contributed by atoms with Crippen molar-refractivity contribution in [3.05, 3.63) is 54.6 Å². The molecule has 0 aliphatic carbocycles. The molecule has 2 aromatic rings. The van der Waals surface area contributed by atoms with Crippen LogP contribution in [0.15, 0.2) is 54.6 Å². The van der Waals surface area contributed by atoms with E-state index in [0.717, 1.165) is 17.1 Å². The summed E-state index contributed by atoms with van der Waals surface area (Å²) < 4.78 is 0. The minimum atomic E-state index is 0.157. The minimum absolute atomic E-state index is 0.157. The first-order valence-electron chi connectivity index (χ1n) is 7.05. The normalized spacial score (nSPS) is 18.0. The van der Waals surface area contributed by atoms with Gasteiger partial charge in [0, 0.05) is 35.9 Å². The van der Waals surface area contributed by atoms with E-state index in [9.17, 15) is 4.79 Å². The van der Waals surface area contributed by atoms with E-state index in [1.54, 1.807) is 0 Å². The molecule has 1 N–H and O–H groups in total. The highest BCUT2D eigenvalue weighted by atomic mass is 35.5. The summed E-state index contributed by atoms with van der Waals surface area (Å²) in [7, 11) is 0. The molecule has 0 spiro atoms. The molecule has 3 rings (SSSR count). The number of amides is 1. The zero-order valence-corrected chi connectivity index (χ0v) is 12.4. The van der Waals surface area contributed by atoms with E-state index >= 15 is 0 Å². The fourth-order valence-electron chi connectivity index (χ4n) is 2.55. The summed E-state index contributed by atoms with van der Waals surface area (Å²) >= 11 is 5.85. The lowest BCUT2D eigenvalue weighted by atomic mass is 10.1. The molecule has 21 heavy (non-hydrogen) atoms. The third kappa shape index (κ3) is 3.19. The molecular formula is C17H17ClN2O. The van der Waals surface area contributed by atoms with E-state index in [0.29, 0.717) is 18.8 Å². The second-order valence-electron chi connectivity index (χ2n) is 5.27. The SMILES string of the molecule is O=C1CC(CCl)CN1c1ccc(Nc2ccccc2)cc1. The standard InChI is InChI=1S/C17H17ClN2O/c18-11-13-10-17(21)20(12-13)16-8-6-15(7-9-16)19-14-4-2-1-3-5-14/h1-9,13,19H,10-12H2. The van der Waals surface area contributed by atoms with Crippen LogP contribution in [0.5, 0.6) is 0 Å². The van der Waals surface area contributed by atoms with Crippen molar-refractivity contribution in [2.75, 3.05) is 22.6 Å². The first kappa shape index (κ1) is 14.0. The van der Waals surface area contributed by atoms with Crippen molar-refractivity contribution in [1.29, 1.82) is 0 Å². The van der Waals surface area contributed by atoms with Crippen LogP contribution >= 0.6 is 11.6 Å². The van der Waals surface area contributed by atoms with Crippen molar-refractivity contribution in [2.45, 2.75) is 6.42 Å². The molecule has 1 atom stereocenters. The predicted molar refractivity (Wildman–Crippen MR) is 87.3 cm³/mol. The summed E-state index contributed by atoms with van der Waals surface area (Å²) in [4.78, 5) is 13.8. The smallest absolute Gasteiger partial charge is 0.227 e. The molecule has 1 fully saturated rings. The van der Waals surface area contributed by atoms with Crippen LogP contribution in [0.4, 0.5) is 17.1 Å². The molecule has 3 nitrogen and oxygen atoms in total. The maximum Gasteiger partial charge on any atom is 0.227 e. The van der Waals surface area contributed by atoms with Gasteiger partial charge in [-0.1, -0.05) is 18.2 Å². The van der Waals surface area contributed by atoms with Gasteiger partial charge in [0.25, 0.3) is 0 Å². The lowest BCUT2D eigenvalue weighted by molar-refractivity contribution is -0.117. The summed E-state index contributed by atoms with van der Waals surface area (Å²) in [6, 6.07) is 17.9. The molecule has 1 saturated heterocycles. The van der Waals surface area contributed by atoms with Crippen molar-refractivity contribution in [2.24, 2.45) is 5.92 Å². The van der Waals surface area contributed by atoms with Gasteiger partial charge in [-0.05, 0) is 42.3 Å². The Morgan fingerprint density at radius 1 is 1.05 bits per heavy atom. The Morgan fingerprint density at radius 2 is 1.71 bits per heavy atom. The van der Waals surface area contributed by atoms with Gasteiger partial charge in [0.15, 0.2) is 0 Å². The lowest BCUT2D eigenvalue weighted by Gasteiger charge is -2.17. The molecule has 0 radical (unpaired) electrons. The summed E-state index contributed by atoms with van der Waals surface area (Å²) in [5, 5.41) is 3.33. The van der Waals surface area contributed by atoms with Crippen LogP contribution in [0.3, 0.4) is 0 Å². The number of halogens is 1. The first-order chi connectivity index (χ1) is 10.3. The molecule has 108 valence electrons. The number of nitrogens with zero attached hydrogens (tertiary/aromatic N) is 1. The Morgan fingerprint density at radius 3 is 2.33 bits per heavy atom. The summed E-state index contributed by atoms with van der Waals surface area (Å²) in [6.45, 7) is 0.716. The van der Waals surface area contributed by atoms with Gasteiger partial charge in [-0.15, -0.1) is 11.6 Å². The van der Waals surface area contributed by atoms with E-state index in [2.05, 4.69) is 5.32 Å². The van der Waals surface area contributed by atoms with Crippen LogP contribution < -0.4 is 10.2 Å². The molecule has 1 amide bonds. The van der Waals surface area contributed by atoms with Crippen molar-refractivity contribution in [1.82, 2.24) is 0 Å². The molecule has 4 heteroatoms. The van der Waals surface area contributed by atoms with Gasteiger partial charge in [0.1, 0.15) is 0 Å². The number of anilines is 3. The number of alkyl halides is 1. The average Bonchev–Trinajstić information content (AvgIpc) is 2.90. The van der Waals surface area contributed by atoms with Crippen molar-refractivity contribution in [3.63, 3.8) is 0 Å². The first-order valence-corrected chi connectivity index (χ1v) is 7.58. The van der Waals surface area contributed by atoms with Gasteiger partial charge in [-0.2, -0.15) is 0 Å². The Bertz CT molecular complexity index is 612. The monoisotopic (exact) mass is 300 g/mol. The van der Waals surface area contributed by atoms with Crippen LogP contribution in [0.25, 0.3) is 0 Å². The second-order valence-corrected chi connectivity index (χ2v) is 5.58. The molecule has 0 bridgehead atoms. The van der Waals surface area contributed by atoms with Crippen LogP contribution in [0.1, 0.15) is 6.42 Å². The fourth-order valence-corrected chi connectivity index (χ4v) is 2.75. The van der Waals surface area contributed by atoms with E-state index in [-0.39, 0.29) is 11.8 Å². The third-order valence-electron chi connectivity index (χ3n) is 3.66. The number of benzene rings is 2. The van der Waals surface area contributed by atoms with Crippen molar-refractivity contribution in [3.8, 4) is 0 Å². The third-order valence-corrected chi connectivity index (χ3v) is 4.10. The van der Waals surface area contributed by atoms with E-state index in [1.165, 1.54) is 0 Å². The quantitative estimate of drug-likeness (QED) is 0.865. The Balaban J connectivity index is 1.71. The van der Waals surface area contributed by atoms with Gasteiger partial charge < -0.3 is 10.2 Å². The average molecular weight is 301 g/mol. The fraction of sp³-hybridized carbons (Fsp3) is 0.235. The van der Waals surface area contributed by atoms with Crippen LogP contribution in [-0.4, -0.2) is 18.3 Å². The Kier molecular flexibility index (Phi) is 4.11. The van der Waals surface area contributed by atoms with Gasteiger partial charge >= 0.3 is 0 Å². The van der Waals surface area contributed by atoms with Crippen LogP contribution in [0.2, 0.25) is 0 Å². The molecule has 1 unspecified atom stereocenters. The summed E-state index contributed by atoms with van der Waals surface area (Å²) in [6.07, 6.45) is 0.549. The Hall–Kier alpha value is -2.00. The second kappa shape index (κ2) is 6.19. The van der Waals surface area contributed by atoms with Crippen molar-refractivity contribution >= 4 is 34.6 Å². The number of carbonyl (C=O) groups is 1. The number of carbonyl (C=O) groups excluding carboxylic acids is 1. The molecule has 2 aromatic carbocycles. The lowest BCUT2D eigenvalue weighted by Crippen LogP contribution is -2.24. The number of hydrogen-bond acceptors (Lipinski definition) is 2. The highest BCUT2D eigenvalue weighted by Crippen LogP contribution is 2.27. The largest absolute Gasteiger partial charge is 0.356 e. The highest BCUT2D eigenvalue weighted by molar-refractivity contribution is 6.18. The van der Waals surface area contributed by atoms with Crippen LogP contribution in [-0.2, 0) is 4.79 Å². The molecule has 1 aliphatic rings. The van der Waals surface area contributed by atoms with Gasteiger partial charge in [0.05, 0.1) is 0 Å². The van der Waals surface area contributed by atoms with E-state index < -0.39 is 0 Å². The molecule has 1 aliphatic heterocycles. The van der Waals surface area contributed by atoms with E-state index in [1.807, 2.05) is 59.5 Å².